The van der Waals surface area contributed by atoms with E-state index in [0.717, 1.165) is 50.4 Å². The van der Waals surface area contributed by atoms with Crippen molar-refractivity contribution < 1.29 is 4.42 Å². The molecule has 0 fully saturated rings. The monoisotopic (exact) mass is 1000 g/mol. The van der Waals surface area contributed by atoms with E-state index in [1.54, 1.807) is 0 Å². The first-order valence-electron chi connectivity index (χ1n) is 27.7. The van der Waals surface area contributed by atoms with Crippen LogP contribution >= 0.6 is 0 Å². The average molecular weight is 1000 g/mol. The third-order valence-electron chi connectivity index (χ3n) is 17.1. The molecule has 0 saturated heterocycles. The van der Waals surface area contributed by atoms with E-state index in [2.05, 4.69) is 279 Å². The molecule has 14 rings (SSSR count). The van der Waals surface area contributed by atoms with Crippen LogP contribution in [0.1, 0.15) is 111 Å². The molecule has 77 heavy (non-hydrogen) atoms. The van der Waals surface area contributed by atoms with Crippen molar-refractivity contribution in [3.05, 3.63) is 198 Å². The Bertz CT molecular complexity index is 4220. The zero-order chi connectivity index (χ0) is 53.4. The van der Waals surface area contributed by atoms with Gasteiger partial charge in [-0.1, -0.05) is 162 Å². The van der Waals surface area contributed by atoms with Gasteiger partial charge >= 0.3 is 0 Å². The fourth-order valence-electron chi connectivity index (χ4n) is 13.0. The Balaban J connectivity index is 1.08. The Morgan fingerprint density at radius 1 is 0.403 bits per heavy atom. The van der Waals surface area contributed by atoms with Gasteiger partial charge in [0.15, 0.2) is 5.58 Å². The molecule has 0 N–H and O–H groups in total. The van der Waals surface area contributed by atoms with Gasteiger partial charge in [0.2, 0.25) is 0 Å². The Morgan fingerprint density at radius 3 is 1.64 bits per heavy atom. The molecule has 2 aromatic heterocycles. The zero-order valence-electron chi connectivity index (χ0n) is 46.9. The highest BCUT2D eigenvalue weighted by molar-refractivity contribution is 7.00. The van der Waals surface area contributed by atoms with Crippen LogP contribution in [0.2, 0.25) is 0 Å². The number of aromatic nitrogens is 1. The summed E-state index contributed by atoms with van der Waals surface area (Å²) in [4.78, 5) is 7.64. The lowest BCUT2D eigenvalue weighted by Gasteiger charge is -2.46. The van der Waals surface area contributed by atoms with Crippen LogP contribution in [0, 0.1) is 6.92 Å². The third kappa shape index (κ3) is 7.06. The molecule has 6 heteroatoms. The largest absolute Gasteiger partial charge is 0.454 e. The first-order chi connectivity index (χ1) is 36.6. The predicted molar refractivity (Wildman–Crippen MR) is 330 cm³/mol. The van der Waals surface area contributed by atoms with Gasteiger partial charge in [0.25, 0.3) is 6.71 Å². The maximum atomic E-state index is 7.03. The highest BCUT2D eigenvalue weighted by Crippen LogP contribution is 2.55. The lowest BCUT2D eigenvalue weighted by Crippen LogP contribution is -2.61. The van der Waals surface area contributed by atoms with Crippen LogP contribution in [0.5, 0.6) is 0 Å². The van der Waals surface area contributed by atoms with Crippen molar-refractivity contribution >= 4 is 118 Å². The molecule has 0 amide bonds. The second-order valence-electron chi connectivity index (χ2n) is 26.4. The van der Waals surface area contributed by atoms with Crippen molar-refractivity contribution in [1.29, 1.82) is 0 Å². The Labute approximate surface area is 454 Å². The molecule has 0 aliphatic carbocycles. The number of benzene rings is 9. The number of furan rings is 1. The van der Waals surface area contributed by atoms with Gasteiger partial charge in [-0.15, -0.1) is 0 Å². The lowest BCUT2D eigenvalue weighted by atomic mass is 9.33. The summed E-state index contributed by atoms with van der Waals surface area (Å²) >= 11 is 0. The number of hydrogen-bond acceptors (Lipinski definition) is 4. The molecule has 3 aliphatic rings. The third-order valence-corrected chi connectivity index (χ3v) is 17.1. The van der Waals surface area contributed by atoms with Crippen molar-refractivity contribution in [3.8, 4) is 5.69 Å². The Kier molecular flexibility index (Phi) is 9.90. The van der Waals surface area contributed by atoms with Gasteiger partial charge in [-0.2, -0.15) is 0 Å². The zero-order valence-corrected chi connectivity index (χ0v) is 46.9. The molecule has 0 radical (unpaired) electrons. The predicted octanol–water partition coefficient (Wildman–Crippen LogP) is 18.0. The van der Waals surface area contributed by atoms with Gasteiger partial charge in [0.05, 0.1) is 33.8 Å². The minimum absolute atomic E-state index is 0.000734. The molecule has 0 atom stereocenters. The molecule has 5 heterocycles. The van der Waals surface area contributed by atoms with Crippen molar-refractivity contribution in [2.45, 2.75) is 112 Å². The number of fused-ring (bicyclic) bond motifs is 12. The van der Waals surface area contributed by atoms with E-state index in [0.29, 0.717) is 0 Å². The van der Waals surface area contributed by atoms with Gasteiger partial charge < -0.3 is 23.7 Å². The number of para-hydroxylation sites is 3. The van der Waals surface area contributed by atoms with E-state index < -0.39 is 0 Å². The van der Waals surface area contributed by atoms with Gasteiger partial charge in [0, 0.05) is 55.7 Å². The summed E-state index contributed by atoms with van der Waals surface area (Å²) < 4.78 is 9.62. The van der Waals surface area contributed by atoms with Crippen molar-refractivity contribution in [2.24, 2.45) is 0 Å². The van der Waals surface area contributed by atoms with Crippen LogP contribution in [-0.2, 0) is 21.7 Å². The molecule has 0 saturated carbocycles. The molecule has 0 unspecified atom stereocenters. The summed E-state index contributed by atoms with van der Waals surface area (Å²) in [6.45, 7) is 30.0. The van der Waals surface area contributed by atoms with Gasteiger partial charge in [0.1, 0.15) is 5.58 Å². The smallest absolute Gasteiger partial charge is 0.252 e. The molecular formula is C71H67BN4O. The van der Waals surface area contributed by atoms with E-state index in [-0.39, 0.29) is 28.4 Å². The van der Waals surface area contributed by atoms with E-state index in [4.69, 9.17) is 4.42 Å². The molecular weight excluding hydrogens is 936 g/mol. The SMILES string of the molecule is Cc1cc2c3c(c1)N1c4c(cccc4-n4c5ccc(C(C)(C)C)cc5c5cc(C(C)(C)C)cc1c54)B3c1ccc(N(c3ccc(C(C)(C)C)cc3)c3ccc(C(C)(C)C)cc3)cc1N2c1cccc2c1oc1ccccc12. The van der Waals surface area contributed by atoms with E-state index in [1.165, 1.54) is 94.4 Å². The number of rotatable bonds is 4. The summed E-state index contributed by atoms with van der Waals surface area (Å²) in [5.74, 6) is 0. The Morgan fingerprint density at radius 2 is 0.974 bits per heavy atom. The quantitative estimate of drug-likeness (QED) is 0.164. The summed E-state index contributed by atoms with van der Waals surface area (Å²) in [7, 11) is 0. The molecule has 0 bridgehead atoms. The van der Waals surface area contributed by atoms with Crippen LogP contribution in [0.25, 0.3) is 49.4 Å². The Hall–Kier alpha value is -7.96. The summed E-state index contributed by atoms with van der Waals surface area (Å²) in [5.41, 5.74) is 26.1. The first-order valence-corrected chi connectivity index (χ1v) is 27.7. The topological polar surface area (TPSA) is 27.8 Å². The number of nitrogens with zero attached hydrogens (tertiary/aromatic N) is 4. The second kappa shape index (κ2) is 16.1. The number of anilines is 9. The minimum atomic E-state index is -0.0965. The first kappa shape index (κ1) is 47.5. The maximum absolute atomic E-state index is 7.03. The van der Waals surface area contributed by atoms with Crippen LogP contribution in [0.15, 0.2) is 174 Å². The molecule has 3 aliphatic heterocycles. The number of hydrogen-bond donors (Lipinski definition) is 0. The number of aryl methyl sites for hydroxylation is 1. The fourth-order valence-corrected chi connectivity index (χ4v) is 13.0. The maximum Gasteiger partial charge on any atom is 0.252 e. The van der Waals surface area contributed by atoms with Crippen molar-refractivity contribution in [1.82, 2.24) is 4.57 Å². The van der Waals surface area contributed by atoms with Gasteiger partial charge in [-0.3, -0.25) is 0 Å². The van der Waals surface area contributed by atoms with Crippen LogP contribution in [0.4, 0.5) is 51.2 Å². The average Bonchev–Trinajstić information content (AvgIpc) is 4.10. The molecule has 9 aromatic carbocycles. The molecule has 0 spiro atoms. The van der Waals surface area contributed by atoms with Crippen molar-refractivity contribution in [2.75, 3.05) is 14.7 Å². The fraction of sp³-hybridized carbons (Fsp3) is 0.239. The molecule has 11 aromatic rings. The lowest BCUT2D eigenvalue weighted by molar-refractivity contribution is 0.590. The van der Waals surface area contributed by atoms with Crippen LogP contribution in [-0.4, -0.2) is 11.3 Å². The summed E-state index contributed by atoms with van der Waals surface area (Å²) in [6, 6.07) is 65.0. The minimum Gasteiger partial charge on any atom is -0.454 e. The van der Waals surface area contributed by atoms with Gasteiger partial charge in [-0.25, -0.2) is 0 Å². The van der Waals surface area contributed by atoms with E-state index in [1.807, 2.05) is 0 Å². The van der Waals surface area contributed by atoms with Crippen molar-refractivity contribution in [3.63, 3.8) is 0 Å². The van der Waals surface area contributed by atoms with E-state index >= 15 is 0 Å². The highest BCUT2D eigenvalue weighted by Gasteiger charge is 2.47. The van der Waals surface area contributed by atoms with Crippen LogP contribution in [0.3, 0.4) is 0 Å². The van der Waals surface area contributed by atoms with Crippen LogP contribution < -0.4 is 31.1 Å². The summed E-state index contributed by atoms with van der Waals surface area (Å²) in [6.07, 6.45) is 0. The molecule has 380 valence electrons. The molecule has 5 nitrogen and oxygen atoms in total. The summed E-state index contributed by atoms with van der Waals surface area (Å²) in [5, 5.41) is 4.83. The normalized spacial score (nSPS) is 14.0. The van der Waals surface area contributed by atoms with E-state index in [9.17, 15) is 0 Å². The highest BCUT2D eigenvalue weighted by atomic mass is 16.3. The standard InChI is InChI=1S/C71H67BN4O/c1-42-36-60-64-61(37-42)76-62-40-46(71(11,12)13)39-53-52-38-45(70(8,9)10)28-35-56(52)75(65(53)62)57-21-17-20-55(66(57)76)72(64)54-34-33-49(41-59(54)74(60)58-22-16-19-51-50-18-14-15-23-63(50)77-67(51)58)73(47-29-24-43(25-30-47)68(2,3)4)48-31-26-44(27-32-48)69(5,6)7/h14-41H,1-13H3. The van der Waals surface area contributed by atoms with Gasteiger partial charge in [-0.05, 0) is 164 Å². The second-order valence-corrected chi connectivity index (χ2v) is 26.4.